The van der Waals surface area contributed by atoms with Gasteiger partial charge in [-0.15, -0.1) is 11.8 Å². The Morgan fingerprint density at radius 2 is 2.25 bits per heavy atom. The quantitative estimate of drug-likeness (QED) is 0.893. The van der Waals surface area contributed by atoms with Gasteiger partial charge < -0.3 is 14.7 Å². The molecule has 3 heterocycles. The predicted octanol–water partition coefficient (Wildman–Crippen LogP) is 4.07. The van der Waals surface area contributed by atoms with Gasteiger partial charge in [-0.2, -0.15) is 0 Å². The highest BCUT2D eigenvalue weighted by Crippen LogP contribution is 2.37. The zero-order valence-electron chi connectivity index (χ0n) is 13.7. The summed E-state index contributed by atoms with van der Waals surface area (Å²) in [4.78, 5) is 16.0. The van der Waals surface area contributed by atoms with Gasteiger partial charge >= 0.3 is 6.03 Å². The van der Waals surface area contributed by atoms with Crippen LogP contribution >= 0.6 is 11.8 Å². The van der Waals surface area contributed by atoms with Crippen molar-refractivity contribution in [2.75, 3.05) is 12.3 Å². The number of thioether (sulfide) groups is 1. The standard InChI is InChI=1S/C18H21N3O2S/c1-12-11-16(23-20-12)15-6-4-9-21(15)18(22)19-14-8-10-24-17-7-3-2-5-13(14)17/h2-3,5,7,11,14-15H,4,6,8-10H2,1H3,(H,19,22)/t14-,15-/m1/s1. The molecule has 2 aromatic rings. The predicted molar refractivity (Wildman–Crippen MR) is 93.0 cm³/mol. The summed E-state index contributed by atoms with van der Waals surface area (Å²) in [6.45, 7) is 2.67. The van der Waals surface area contributed by atoms with Gasteiger partial charge in [-0.1, -0.05) is 23.4 Å². The molecular weight excluding hydrogens is 322 g/mol. The molecule has 0 bridgehead atoms. The molecule has 126 valence electrons. The molecule has 0 spiro atoms. The SMILES string of the molecule is Cc1cc([C@H]2CCCN2C(=O)N[C@@H]2CCSc3ccccc32)on1. The third-order valence-electron chi connectivity index (χ3n) is 4.74. The van der Waals surface area contributed by atoms with E-state index in [2.05, 4.69) is 28.7 Å². The summed E-state index contributed by atoms with van der Waals surface area (Å²) in [6.07, 6.45) is 2.89. The number of carbonyl (C=O) groups excluding carboxylic acids is 1. The Bertz CT molecular complexity index is 745. The average molecular weight is 343 g/mol. The molecule has 0 aliphatic carbocycles. The first-order valence-electron chi connectivity index (χ1n) is 8.44. The van der Waals surface area contributed by atoms with Crippen molar-refractivity contribution in [1.29, 1.82) is 0 Å². The van der Waals surface area contributed by atoms with Gasteiger partial charge in [-0.05, 0) is 37.8 Å². The number of aromatic nitrogens is 1. The van der Waals surface area contributed by atoms with Crippen LogP contribution in [0.1, 0.15) is 48.4 Å². The van der Waals surface area contributed by atoms with Crippen molar-refractivity contribution >= 4 is 17.8 Å². The summed E-state index contributed by atoms with van der Waals surface area (Å²) in [5.41, 5.74) is 2.09. The van der Waals surface area contributed by atoms with Crippen LogP contribution in [0.5, 0.6) is 0 Å². The van der Waals surface area contributed by atoms with Crippen molar-refractivity contribution in [2.24, 2.45) is 0 Å². The molecule has 1 aromatic heterocycles. The number of amides is 2. The number of hydrogen-bond donors (Lipinski definition) is 1. The molecule has 6 heteroatoms. The molecule has 1 fully saturated rings. The fourth-order valence-electron chi connectivity index (χ4n) is 3.57. The highest BCUT2D eigenvalue weighted by molar-refractivity contribution is 7.99. The van der Waals surface area contributed by atoms with Crippen LogP contribution in [0.3, 0.4) is 0 Å². The first-order chi connectivity index (χ1) is 11.7. The van der Waals surface area contributed by atoms with Crippen molar-refractivity contribution in [1.82, 2.24) is 15.4 Å². The Labute approximate surface area is 145 Å². The maximum atomic E-state index is 12.9. The van der Waals surface area contributed by atoms with Crippen LogP contribution in [0.4, 0.5) is 4.79 Å². The third kappa shape index (κ3) is 2.90. The summed E-state index contributed by atoms with van der Waals surface area (Å²) >= 11 is 1.86. The molecule has 0 unspecified atom stereocenters. The number of nitrogens with one attached hydrogen (secondary N) is 1. The van der Waals surface area contributed by atoms with Crippen molar-refractivity contribution < 1.29 is 9.32 Å². The number of likely N-dealkylation sites (tertiary alicyclic amines) is 1. The molecule has 1 aromatic carbocycles. The van der Waals surface area contributed by atoms with Gasteiger partial charge in [0.2, 0.25) is 0 Å². The van der Waals surface area contributed by atoms with Crippen LogP contribution in [0.2, 0.25) is 0 Å². The lowest BCUT2D eigenvalue weighted by atomic mass is 10.0. The molecular formula is C18H21N3O2S. The lowest BCUT2D eigenvalue weighted by molar-refractivity contribution is 0.178. The second kappa shape index (κ2) is 6.51. The fourth-order valence-corrected chi connectivity index (χ4v) is 4.70. The highest BCUT2D eigenvalue weighted by atomic mass is 32.2. The molecule has 0 radical (unpaired) electrons. The maximum Gasteiger partial charge on any atom is 0.318 e. The van der Waals surface area contributed by atoms with E-state index >= 15 is 0 Å². The monoisotopic (exact) mass is 343 g/mol. The maximum absolute atomic E-state index is 12.9. The summed E-state index contributed by atoms with van der Waals surface area (Å²) in [6, 6.07) is 10.4. The van der Waals surface area contributed by atoms with E-state index in [0.29, 0.717) is 0 Å². The van der Waals surface area contributed by atoms with Gasteiger partial charge in [0.25, 0.3) is 0 Å². The van der Waals surface area contributed by atoms with Crippen molar-refractivity contribution in [3.8, 4) is 0 Å². The number of hydrogen-bond acceptors (Lipinski definition) is 4. The van der Waals surface area contributed by atoms with E-state index in [9.17, 15) is 4.79 Å². The Hall–Kier alpha value is -1.95. The van der Waals surface area contributed by atoms with Gasteiger partial charge in [0.05, 0.1) is 17.8 Å². The minimum atomic E-state index is -0.00161. The number of aryl methyl sites for hydroxylation is 1. The molecule has 2 aliphatic heterocycles. The third-order valence-corrected chi connectivity index (χ3v) is 5.87. The molecule has 24 heavy (non-hydrogen) atoms. The zero-order chi connectivity index (χ0) is 16.5. The number of fused-ring (bicyclic) bond motifs is 1. The fraction of sp³-hybridized carbons (Fsp3) is 0.444. The largest absolute Gasteiger partial charge is 0.359 e. The Morgan fingerprint density at radius 1 is 1.38 bits per heavy atom. The molecule has 1 N–H and O–H groups in total. The lowest BCUT2D eigenvalue weighted by Crippen LogP contribution is -2.41. The number of benzene rings is 1. The highest BCUT2D eigenvalue weighted by Gasteiger charge is 2.34. The molecule has 2 amide bonds. The molecule has 4 rings (SSSR count). The van der Waals surface area contributed by atoms with E-state index in [0.717, 1.165) is 43.0 Å². The number of urea groups is 1. The summed E-state index contributed by atoms with van der Waals surface area (Å²) in [5, 5.41) is 7.20. The molecule has 5 nitrogen and oxygen atoms in total. The second-order valence-corrected chi connectivity index (χ2v) is 7.54. The van der Waals surface area contributed by atoms with E-state index in [1.807, 2.05) is 35.7 Å². The van der Waals surface area contributed by atoms with E-state index in [4.69, 9.17) is 4.52 Å². The summed E-state index contributed by atoms with van der Waals surface area (Å²) in [5.74, 6) is 1.83. The molecule has 0 saturated carbocycles. The van der Waals surface area contributed by atoms with E-state index in [1.54, 1.807) is 0 Å². The summed E-state index contributed by atoms with van der Waals surface area (Å²) in [7, 11) is 0. The van der Waals surface area contributed by atoms with Gasteiger partial charge in [-0.3, -0.25) is 0 Å². The van der Waals surface area contributed by atoms with Crippen LogP contribution in [0, 0.1) is 6.92 Å². The van der Waals surface area contributed by atoms with Gasteiger partial charge in [0.15, 0.2) is 5.76 Å². The Balaban J connectivity index is 1.50. The minimum absolute atomic E-state index is 0.000547. The van der Waals surface area contributed by atoms with E-state index in [1.165, 1.54) is 10.5 Å². The first kappa shape index (κ1) is 15.6. The number of carbonyl (C=O) groups is 1. The normalized spacial score (nSPS) is 23.1. The lowest BCUT2D eigenvalue weighted by Gasteiger charge is -2.30. The van der Waals surface area contributed by atoms with Crippen LogP contribution in [0.25, 0.3) is 0 Å². The van der Waals surface area contributed by atoms with E-state index in [-0.39, 0.29) is 18.1 Å². The molecule has 2 aliphatic rings. The second-order valence-electron chi connectivity index (χ2n) is 6.40. The minimum Gasteiger partial charge on any atom is -0.359 e. The van der Waals surface area contributed by atoms with Crippen molar-refractivity contribution in [3.05, 3.63) is 47.3 Å². The average Bonchev–Trinajstić information content (AvgIpc) is 3.24. The Morgan fingerprint density at radius 3 is 3.08 bits per heavy atom. The molecule has 1 saturated heterocycles. The van der Waals surface area contributed by atoms with Crippen LogP contribution < -0.4 is 5.32 Å². The number of rotatable bonds is 2. The van der Waals surface area contributed by atoms with E-state index < -0.39 is 0 Å². The van der Waals surface area contributed by atoms with Crippen molar-refractivity contribution in [2.45, 2.75) is 43.2 Å². The van der Waals surface area contributed by atoms with Crippen LogP contribution in [-0.4, -0.2) is 28.4 Å². The first-order valence-corrected chi connectivity index (χ1v) is 9.43. The topological polar surface area (TPSA) is 58.4 Å². The van der Waals surface area contributed by atoms with Gasteiger partial charge in [0.1, 0.15) is 0 Å². The van der Waals surface area contributed by atoms with Crippen molar-refractivity contribution in [3.63, 3.8) is 0 Å². The van der Waals surface area contributed by atoms with Crippen LogP contribution in [-0.2, 0) is 0 Å². The molecule has 2 atom stereocenters. The number of nitrogens with zero attached hydrogens (tertiary/aromatic N) is 2. The smallest absolute Gasteiger partial charge is 0.318 e. The van der Waals surface area contributed by atoms with Gasteiger partial charge in [0, 0.05) is 23.3 Å². The van der Waals surface area contributed by atoms with Crippen LogP contribution in [0.15, 0.2) is 39.8 Å². The Kier molecular flexibility index (Phi) is 4.22. The van der Waals surface area contributed by atoms with Gasteiger partial charge in [-0.25, -0.2) is 4.79 Å². The zero-order valence-corrected chi connectivity index (χ0v) is 14.5. The summed E-state index contributed by atoms with van der Waals surface area (Å²) < 4.78 is 5.40.